The fourth-order valence-corrected chi connectivity index (χ4v) is 2.78. The molecule has 204 valence electrons. The van der Waals surface area contributed by atoms with Gasteiger partial charge in [0.2, 0.25) is 5.91 Å². The summed E-state index contributed by atoms with van der Waals surface area (Å²) in [5.41, 5.74) is -1.47. The second kappa shape index (κ2) is 14.1. The molecular formula is C23H44N4O8. The zero-order valence-corrected chi connectivity index (χ0v) is 22.7. The van der Waals surface area contributed by atoms with E-state index in [1.807, 2.05) is 0 Å². The molecule has 0 aromatic carbocycles. The van der Waals surface area contributed by atoms with Crippen molar-refractivity contribution in [1.82, 2.24) is 21.0 Å². The molecule has 0 rings (SSSR count). The van der Waals surface area contributed by atoms with Crippen LogP contribution in [0.4, 0.5) is 9.59 Å². The minimum absolute atomic E-state index is 0.0859. The van der Waals surface area contributed by atoms with Gasteiger partial charge in [-0.3, -0.25) is 14.4 Å². The first-order chi connectivity index (χ1) is 15.9. The van der Waals surface area contributed by atoms with E-state index in [0.717, 1.165) is 5.06 Å². The van der Waals surface area contributed by atoms with E-state index in [9.17, 15) is 24.3 Å². The largest absolute Gasteiger partial charge is 0.444 e. The molecule has 12 nitrogen and oxygen atoms in total. The molecule has 0 heterocycles. The topological polar surface area (TPSA) is 156 Å². The molecule has 0 saturated carbocycles. The number of hydrogen-bond donors (Lipinski definition) is 4. The lowest BCUT2D eigenvalue weighted by Gasteiger charge is -2.29. The fourth-order valence-electron chi connectivity index (χ4n) is 2.78. The van der Waals surface area contributed by atoms with Crippen molar-refractivity contribution in [3.8, 4) is 0 Å². The Morgan fingerprint density at radius 2 is 1.43 bits per heavy atom. The first-order valence-corrected chi connectivity index (χ1v) is 11.6. The Hall–Kier alpha value is -2.60. The van der Waals surface area contributed by atoms with E-state index in [0.29, 0.717) is 0 Å². The van der Waals surface area contributed by atoms with Gasteiger partial charge in [-0.1, -0.05) is 13.8 Å². The van der Waals surface area contributed by atoms with E-state index in [-0.39, 0.29) is 25.3 Å². The summed E-state index contributed by atoms with van der Waals surface area (Å²) in [5.74, 6) is -1.44. The summed E-state index contributed by atoms with van der Waals surface area (Å²) >= 11 is 0. The Morgan fingerprint density at radius 1 is 0.914 bits per heavy atom. The van der Waals surface area contributed by atoms with Gasteiger partial charge in [0.05, 0.1) is 13.2 Å². The summed E-state index contributed by atoms with van der Waals surface area (Å²) in [6, 6.07) is -2.13. The average molecular weight is 505 g/mol. The van der Waals surface area contributed by atoms with Gasteiger partial charge >= 0.3 is 12.2 Å². The minimum Gasteiger partial charge on any atom is -0.444 e. The van der Waals surface area contributed by atoms with Crippen LogP contribution in [0.1, 0.15) is 68.2 Å². The SMILES string of the molecule is CON(C)C(=O)[C@@H](NC(=O)[C@H](C[C@@H](O)CCNC(=O)OC(C)(C)C)NC(=O)OC(C)(C)C)C(C)C. The molecule has 0 aromatic rings. The molecule has 4 N–H and O–H groups in total. The predicted molar refractivity (Wildman–Crippen MR) is 129 cm³/mol. The molecule has 0 fully saturated rings. The molecule has 3 atom stereocenters. The number of likely N-dealkylation sites (N-methyl/N-ethyl adjacent to an activating group) is 1. The van der Waals surface area contributed by atoms with Crippen molar-refractivity contribution in [1.29, 1.82) is 0 Å². The number of alkyl carbamates (subject to hydrolysis) is 2. The molecule has 0 aliphatic carbocycles. The maximum absolute atomic E-state index is 13.1. The number of carbonyl (C=O) groups is 4. The van der Waals surface area contributed by atoms with Crippen LogP contribution in [-0.2, 0) is 23.9 Å². The van der Waals surface area contributed by atoms with Gasteiger partial charge in [-0.2, -0.15) is 0 Å². The van der Waals surface area contributed by atoms with Crippen molar-refractivity contribution in [3.63, 3.8) is 0 Å². The average Bonchev–Trinajstić information content (AvgIpc) is 2.67. The third-order valence-electron chi connectivity index (χ3n) is 4.48. The molecule has 0 aliphatic heterocycles. The minimum atomic E-state index is -1.21. The van der Waals surface area contributed by atoms with Gasteiger partial charge in [0.25, 0.3) is 5.91 Å². The molecule has 0 aliphatic rings. The van der Waals surface area contributed by atoms with Crippen LogP contribution in [0.3, 0.4) is 0 Å². The van der Waals surface area contributed by atoms with Gasteiger partial charge in [-0.15, -0.1) is 0 Å². The van der Waals surface area contributed by atoms with Crippen LogP contribution in [0.25, 0.3) is 0 Å². The first-order valence-electron chi connectivity index (χ1n) is 11.6. The van der Waals surface area contributed by atoms with E-state index >= 15 is 0 Å². The summed E-state index contributed by atoms with van der Waals surface area (Å²) in [4.78, 5) is 54.7. The summed E-state index contributed by atoms with van der Waals surface area (Å²) in [5, 5.41) is 19.1. The highest BCUT2D eigenvalue weighted by Gasteiger charge is 2.32. The molecule has 12 heteroatoms. The lowest BCUT2D eigenvalue weighted by Crippen LogP contribution is -2.56. The van der Waals surface area contributed by atoms with Gasteiger partial charge < -0.3 is 30.5 Å². The number of hydroxylamine groups is 2. The van der Waals surface area contributed by atoms with E-state index in [4.69, 9.17) is 14.3 Å². The zero-order chi connectivity index (χ0) is 27.6. The van der Waals surface area contributed by atoms with Gasteiger partial charge in [0.1, 0.15) is 23.3 Å². The Morgan fingerprint density at radius 3 is 1.89 bits per heavy atom. The molecule has 4 amide bonds. The molecule has 0 bridgehead atoms. The van der Waals surface area contributed by atoms with Gasteiger partial charge in [-0.05, 0) is 53.9 Å². The van der Waals surface area contributed by atoms with Gasteiger partial charge in [-0.25, -0.2) is 14.7 Å². The maximum Gasteiger partial charge on any atom is 0.408 e. The molecule has 0 unspecified atom stereocenters. The van der Waals surface area contributed by atoms with Crippen molar-refractivity contribution < 1.29 is 38.6 Å². The van der Waals surface area contributed by atoms with E-state index in [2.05, 4.69) is 16.0 Å². The van der Waals surface area contributed by atoms with E-state index < -0.39 is 53.4 Å². The number of aliphatic hydroxyl groups is 1. The van der Waals surface area contributed by atoms with Crippen molar-refractivity contribution in [2.45, 2.75) is 97.6 Å². The molecule has 0 spiro atoms. The highest BCUT2D eigenvalue weighted by molar-refractivity contribution is 5.91. The highest BCUT2D eigenvalue weighted by atomic mass is 16.7. The molecule has 35 heavy (non-hydrogen) atoms. The summed E-state index contributed by atoms with van der Waals surface area (Å²) in [7, 11) is 2.74. The number of nitrogens with one attached hydrogen (secondary N) is 3. The van der Waals surface area contributed by atoms with E-state index in [1.54, 1.807) is 55.4 Å². The fraction of sp³-hybridized carbons (Fsp3) is 0.826. The van der Waals surface area contributed by atoms with Crippen molar-refractivity contribution >= 4 is 24.0 Å². The Balaban J connectivity index is 5.34. The van der Waals surface area contributed by atoms with Gasteiger partial charge in [0.15, 0.2) is 0 Å². The summed E-state index contributed by atoms with van der Waals surface area (Å²) < 4.78 is 10.4. The van der Waals surface area contributed by atoms with Crippen LogP contribution in [0.15, 0.2) is 0 Å². The maximum atomic E-state index is 13.1. The molecule has 0 radical (unpaired) electrons. The second-order valence-electron chi connectivity index (χ2n) is 10.6. The number of nitrogens with zero attached hydrogens (tertiary/aromatic N) is 1. The lowest BCUT2D eigenvalue weighted by atomic mass is 10.0. The molecule has 0 aromatic heterocycles. The second-order valence-corrected chi connectivity index (χ2v) is 10.6. The monoisotopic (exact) mass is 504 g/mol. The number of carbonyl (C=O) groups excluding carboxylic acids is 4. The quantitative estimate of drug-likeness (QED) is 0.310. The number of hydrogen-bond acceptors (Lipinski definition) is 8. The standard InChI is InChI=1S/C23H44N4O8/c1-14(2)17(19(30)27(9)33-10)26-18(29)16(25-21(32)35-23(6,7)8)13-15(28)11-12-24-20(31)34-22(3,4)5/h14-17,28H,11-13H2,1-10H3,(H,24,31)(H,25,32)(H,26,29)/t15-,16-,17-/m0/s1. The van der Waals surface area contributed by atoms with Crippen molar-refractivity contribution in [2.24, 2.45) is 5.92 Å². The van der Waals surface area contributed by atoms with E-state index in [1.165, 1.54) is 14.2 Å². The number of aliphatic hydroxyl groups excluding tert-OH is 1. The Labute approximate surface area is 208 Å². The number of ether oxygens (including phenoxy) is 2. The van der Waals surface area contributed by atoms with Crippen LogP contribution < -0.4 is 16.0 Å². The van der Waals surface area contributed by atoms with Gasteiger partial charge in [0, 0.05) is 20.0 Å². The molecular weight excluding hydrogens is 460 g/mol. The Kier molecular flexibility index (Phi) is 13.0. The normalized spacial score (nSPS) is 14.4. The Bertz CT molecular complexity index is 715. The third-order valence-corrected chi connectivity index (χ3v) is 4.48. The third kappa shape index (κ3) is 14.4. The van der Waals surface area contributed by atoms with Crippen LogP contribution in [0.2, 0.25) is 0 Å². The smallest absolute Gasteiger partial charge is 0.408 e. The lowest BCUT2D eigenvalue weighted by molar-refractivity contribution is -0.172. The highest BCUT2D eigenvalue weighted by Crippen LogP contribution is 2.11. The molecule has 0 saturated heterocycles. The van der Waals surface area contributed by atoms with Crippen LogP contribution in [0.5, 0.6) is 0 Å². The number of rotatable bonds is 11. The number of amides is 4. The first kappa shape index (κ1) is 32.4. The van der Waals surface area contributed by atoms with Crippen molar-refractivity contribution in [3.05, 3.63) is 0 Å². The van der Waals surface area contributed by atoms with Crippen molar-refractivity contribution in [2.75, 3.05) is 20.7 Å². The summed E-state index contributed by atoms with van der Waals surface area (Å²) in [6.45, 7) is 13.8. The zero-order valence-electron chi connectivity index (χ0n) is 22.7. The predicted octanol–water partition coefficient (Wildman–Crippen LogP) is 1.71. The summed E-state index contributed by atoms with van der Waals surface area (Å²) in [6.07, 6.45) is -2.63. The van der Waals surface area contributed by atoms with Crippen LogP contribution in [-0.4, -0.2) is 84.3 Å². The van der Waals surface area contributed by atoms with Crippen LogP contribution in [0, 0.1) is 5.92 Å². The van der Waals surface area contributed by atoms with Crippen LogP contribution >= 0.6 is 0 Å².